The lowest BCUT2D eigenvalue weighted by Crippen LogP contribution is -1.85. The van der Waals surface area contributed by atoms with Gasteiger partial charge < -0.3 is 14.9 Å². The Labute approximate surface area is 69.0 Å². The number of aliphatic hydroxyl groups is 2. The van der Waals surface area contributed by atoms with Gasteiger partial charge in [0.05, 0.1) is 13.2 Å². The molecule has 0 aliphatic heterocycles. The molecule has 3 heteroatoms. The van der Waals surface area contributed by atoms with E-state index in [-0.39, 0.29) is 13.2 Å². The van der Waals surface area contributed by atoms with Crippen molar-refractivity contribution >= 4 is 0 Å². The van der Waals surface area contributed by atoms with Crippen LogP contribution in [0.4, 0.5) is 0 Å². The molecule has 0 saturated carbocycles. The Morgan fingerprint density at radius 2 is 1.27 bits per heavy atom. The molecule has 3 nitrogen and oxygen atoms in total. The molecule has 68 valence electrons. The number of aliphatic hydroxyl groups excluding tert-OH is 2. The van der Waals surface area contributed by atoms with E-state index in [1.165, 1.54) is 0 Å². The van der Waals surface area contributed by atoms with E-state index in [0.717, 1.165) is 13.2 Å². The molecule has 0 aromatic carbocycles. The topological polar surface area (TPSA) is 49.7 Å². The zero-order valence-corrected chi connectivity index (χ0v) is 7.29. The van der Waals surface area contributed by atoms with Crippen LogP contribution >= 0.6 is 0 Å². The summed E-state index contributed by atoms with van der Waals surface area (Å²) in [5.74, 6) is 0. The van der Waals surface area contributed by atoms with Gasteiger partial charge in [-0.05, 0) is 13.8 Å². The highest BCUT2D eigenvalue weighted by molar-refractivity contribution is 4.47. The van der Waals surface area contributed by atoms with Gasteiger partial charge in [0.2, 0.25) is 0 Å². The predicted octanol–water partition coefficient (Wildman–Crippen LogP) is 0.263. The fourth-order valence-electron chi connectivity index (χ4n) is 0.204. The van der Waals surface area contributed by atoms with Gasteiger partial charge in [0.1, 0.15) is 0 Å². The van der Waals surface area contributed by atoms with Crippen molar-refractivity contribution in [3.05, 3.63) is 0 Å². The maximum Gasteiger partial charge on any atom is 0.0662 e. The van der Waals surface area contributed by atoms with Crippen LogP contribution in [0.25, 0.3) is 0 Å². The fourth-order valence-corrected chi connectivity index (χ4v) is 0.204. The Hall–Kier alpha value is -0.560. The summed E-state index contributed by atoms with van der Waals surface area (Å²) in [6.45, 7) is 5.42. The van der Waals surface area contributed by atoms with Gasteiger partial charge in [-0.1, -0.05) is 0 Å². The smallest absolute Gasteiger partial charge is 0.0662 e. The van der Waals surface area contributed by atoms with Crippen molar-refractivity contribution in [2.45, 2.75) is 13.8 Å². The van der Waals surface area contributed by atoms with E-state index in [9.17, 15) is 0 Å². The van der Waals surface area contributed by atoms with E-state index in [0.29, 0.717) is 0 Å². The first-order valence-corrected chi connectivity index (χ1v) is 3.46. The van der Waals surface area contributed by atoms with E-state index in [2.05, 4.69) is 12.8 Å². The van der Waals surface area contributed by atoms with Crippen LogP contribution < -0.4 is 0 Å². The third kappa shape index (κ3) is 87.8. The minimum Gasteiger partial charge on any atom is -0.394 e. The van der Waals surface area contributed by atoms with Gasteiger partial charge in [-0.25, -0.2) is 0 Å². The maximum absolute atomic E-state index is 7.62. The minimum absolute atomic E-state index is 0.125. The van der Waals surface area contributed by atoms with Crippen molar-refractivity contribution in [2.75, 3.05) is 26.4 Å². The summed E-state index contributed by atoms with van der Waals surface area (Å²) >= 11 is 0. The number of hydrogen-bond acceptors (Lipinski definition) is 3. The highest BCUT2D eigenvalue weighted by atomic mass is 16.5. The predicted molar refractivity (Wildman–Crippen MR) is 46.2 cm³/mol. The van der Waals surface area contributed by atoms with Crippen molar-refractivity contribution in [3.63, 3.8) is 0 Å². The Balaban J connectivity index is -0.0000000965. The number of hydrogen-bond donors (Lipinski definition) is 2. The Morgan fingerprint density at radius 1 is 1.00 bits per heavy atom. The largest absolute Gasteiger partial charge is 0.394 e. The molecule has 11 heavy (non-hydrogen) atoms. The van der Waals surface area contributed by atoms with E-state index in [1.807, 2.05) is 13.8 Å². The third-order valence-corrected chi connectivity index (χ3v) is 0.508. The fraction of sp³-hybridized carbons (Fsp3) is 0.750. The second kappa shape index (κ2) is 34.1. The summed E-state index contributed by atoms with van der Waals surface area (Å²) in [6, 6.07) is 0. The number of ether oxygens (including phenoxy) is 1. The average molecular weight is 162 g/mol. The average Bonchev–Trinajstić information content (AvgIpc) is 2.10. The molecule has 0 bridgehead atoms. The first kappa shape index (κ1) is 16.8. The summed E-state index contributed by atoms with van der Waals surface area (Å²) in [4.78, 5) is 0. The van der Waals surface area contributed by atoms with Crippen LogP contribution in [0.3, 0.4) is 0 Å². The van der Waals surface area contributed by atoms with E-state index >= 15 is 0 Å². The molecule has 0 radical (unpaired) electrons. The summed E-state index contributed by atoms with van der Waals surface area (Å²) < 4.78 is 4.83. The van der Waals surface area contributed by atoms with Gasteiger partial charge in [-0.15, -0.1) is 12.8 Å². The van der Waals surface area contributed by atoms with E-state index in [4.69, 9.17) is 14.9 Å². The summed E-state index contributed by atoms with van der Waals surface area (Å²) in [6.07, 6.45) is 8.00. The van der Waals surface area contributed by atoms with Crippen LogP contribution in [0, 0.1) is 12.8 Å². The molecule has 2 N–H and O–H groups in total. The molecule has 0 spiro atoms. The van der Waals surface area contributed by atoms with Crippen LogP contribution in [0.1, 0.15) is 13.8 Å². The highest BCUT2D eigenvalue weighted by Crippen LogP contribution is 1.64. The minimum atomic E-state index is -0.125. The van der Waals surface area contributed by atoms with Crippen LogP contribution in [0.5, 0.6) is 0 Å². The monoisotopic (exact) mass is 162 g/mol. The first-order chi connectivity index (χ1) is 5.33. The van der Waals surface area contributed by atoms with Gasteiger partial charge in [0, 0.05) is 13.2 Å². The summed E-state index contributed by atoms with van der Waals surface area (Å²) in [5.41, 5.74) is 0. The van der Waals surface area contributed by atoms with Crippen molar-refractivity contribution in [1.82, 2.24) is 0 Å². The second-order valence-corrected chi connectivity index (χ2v) is 1.23. The molecule has 0 heterocycles. The highest BCUT2D eigenvalue weighted by Gasteiger charge is 1.64. The Kier molecular flexibility index (Phi) is 52.1. The van der Waals surface area contributed by atoms with Crippen LogP contribution in [0.15, 0.2) is 0 Å². The van der Waals surface area contributed by atoms with E-state index in [1.54, 1.807) is 0 Å². The Morgan fingerprint density at radius 3 is 1.27 bits per heavy atom. The van der Waals surface area contributed by atoms with Gasteiger partial charge in [-0.3, -0.25) is 0 Å². The van der Waals surface area contributed by atoms with E-state index < -0.39 is 0 Å². The van der Waals surface area contributed by atoms with Gasteiger partial charge in [0.25, 0.3) is 0 Å². The van der Waals surface area contributed by atoms with Gasteiger partial charge in [0.15, 0.2) is 0 Å². The molecule has 0 atom stereocenters. The maximum atomic E-state index is 7.62. The molecule has 0 fully saturated rings. The normalized spacial score (nSPS) is 6.73. The lowest BCUT2D eigenvalue weighted by molar-refractivity contribution is 0.162. The lowest BCUT2D eigenvalue weighted by atomic mass is 10.8. The van der Waals surface area contributed by atoms with Crippen LogP contribution in [0.2, 0.25) is 0 Å². The quantitative estimate of drug-likeness (QED) is 0.585. The molecular weight excluding hydrogens is 144 g/mol. The second-order valence-electron chi connectivity index (χ2n) is 1.23. The van der Waals surface area contributed by atoms with Crippen molar-refractivity contribution in [3.8, 4) is 12.8 Å². The van der Waals surface area contributed by atoms with Gasteiger partial charge >= 0.3 is 0 Å². The lowest BCUT2D eigenvalue weighted by Gasteiger charge is -1.86. The Bertz CT molecular complexity index is 48.5. The molecule has 0 rings (SSSR count). The number of rotatable bonds is 3. The molecule has 0 unspecified atom stereocenters. The first-order valence-electron chi connectivity index (χ1n) is 3.46. The van der Waals surface area contributed by atoms with Crippen LogP contribution in [-0.4, -0.2) is 36.6 Å². The number of terminal acetylenes is 1. The van der Waals surface area contributed by atoms with Crippen molar-refractivity contribution in [1.29, 1.82) is 0 Å². The van der Waals surface area contributed by atoms with Crippen molar-refractivity contribution in [2.24, 2.45) is 0 Å². The standard InChI is InChI=1S/C4H10O.C2H6O2.C2H2/c1-3-5-4-2;3-1-2-4;1-2/h3-4H2,1-2H3;3-4H,1-2H2;1-2H. The third-order valence-electron chi connectivity index (χ3n) is 0.508. The molecule has 0 aromatic heterocycles. The zero-order chi connectivity index (χ0) is 9.54. The van der Waals surface area contributed by atoms with Gasteiger partial charge in [-0.2, -0.15) is 0 Å². The summed E-state index contributed by atoms with van der Waals surface area (Å²) in [5, 5.41) is 15.2. The molecule has 0 aliphatic carbocycles. The molecular formula is C8H18O3. The SMILES string of the molecule is C#C.CCOCC.OCCO. The zero-order valence-electron chi connectivity index (χ0n) is 7.29. The van der Waals surface area contributed by atoms with Crippen molar-refractivity contribution < 1.29 is 14.9 Å². The molecule has 0 amide bonds. The molecule has 0 saturated heterocycles. The molecule has 0 aliphatic rings. The summed E-state index contributed by atoms with van der Waals surface area (Å²) in [7, 11) is 0. The van der Waals surface area contributed by atoms with Crippen LogP contribution in [-0.2, 0) is 4.74 Å². The molecule has 0 aromatic rings.